The van der Waals surface area contributed by atoms with Gasteiger partial charge in [0, 0.05) is 10.6 Å². The van der Waals surface area contributed by atoms with Crippen LogP contribution in [0.3, 0.4) is 0 Å². The highest BCUT2D eigenvalue weighted by Gasteiger charge is 2.15. The molecule has 8 heteroatoms. The monoisotopic (exact) mass is 425 g/mol. The molecule has 4 rings (SSSR count). The maximum Gasteiger partial charge on any atom is 0.261 e. The first-order valence-corrected chi connectivity index (χ1v) is 11.2. The number of rotatable bonds is 5. The lowest BCUT2D eigenvalue weighted by Crippen LogP contribution is -2.12. The highest BCUT2D eigenvalue weighted by molar-refractivity contribution is 7.92. The van der Waals surface area contributed by atoms with Gasteiger partial charge in [0.15, 0.2) is 0 Å². The Morgan fingerprint density at radius 3 is 2.31 bits per heavy atom. The van der Waals surface area contributed by atoms with Crippen LogP contribution in [0.4, 0.5) is 5.69 Å². The number of nitrogens with one attached hydrogen (secondary N) is 1. The third-order valence-corrected chi connectivity index (χ3v) is 7.10. The highest BCUT2D eigenvalue weighted by atomic mass is 32.2. The topological polar surface area (TPSA) is 81.2 Å². The summed E-state index contributed by atoms with van der Waals surface area (Å²) in [5, 5.41) is 0.902. The molecular weight excluding hydrogens is 406 g/mol. The third kappa shape index (κ3) is 3.94. The van der Waals surface area contributed by atoms with E-state index in [1.54, 1.807) is 59.9 Å². The van der Waals surface area contributed by atoms with Crippen molar-refractivity contribution in [3.05, 3.63) is 70.9 Å². The van der Waals surface area contributed by atoms with Crippen molar-refractivity contribution in [3.8, 4) is 11.6 Å². The molecule has 0 radical (unpaired) electrons. The van der Waals surface area contributed by atoms with Gasteiger partial charge in [0.1, 0.15) is 16.9 Å². The molecular formula is C21H19N3O3S2. The SMILES string of the molecule is Cc1ccc(S(=O)(=O)Nc2ccc(Oc3ncnc4sc(C)c(C)c34)cc2)cc1. The smallest absolute Gasteiger partial charge is 0.261 e. The number of ether oxygens (including phenoxy) is 1. The molecule has 0 saturated heterocycles. The van der Waals surface area contributed by atoms with Crippen LogP contribution < -0.4 is 9.46 Å². The van der Waals surface area contributed by atoms with Gasteiger partial charge in [-0.05, 0) is 62.7 Å². The van der Waals surface area contributed by atoms with Crippen LogP contribution in [0.2, 0.25) is 0 Å². The zero-order valence-electron chi connectivity index (χ0n) is 16.1. The molecule has 0 aliphatic carbocycles. The van der Waals surface area contributed by atoms with E-state index in [0.29, 0.717) is 17.3 Å². The number of hydrogen-bond donors (Lipinski definition) is 1. The standard InChI is InChI=1S/C21H19N3O3S2/c1-13-4-10-18(11-5-13)29(25,26)24-16-6-8-17(9-7-16)27-20-19-14(2)15(3)28-21(19)23-12-22-20/h4-12,24H,1-3H3. The Kier molecular flexibility index (Phi) is 4.97. The lowest BCUT2D eigenvalue weighted by atomic mass is 10.2. The van der Waals surface area contributed by atoms with Gasteiger partial charge in [-0.3, -0.25) is 4.72 Å². The lowest BCUT2D eigenvalue weighted by Gasteiger charge is -2.10. The average molecular weight is 426 g/mol. The summed E-state index contributed by atoms with van der Waals surface area (Å²) in [4.78, 5) is 10.8. The number of aryl methyl sites for hydroxylation is 3. The number of thiophene rings is 1. The molecule has 0 atom stereocenters. The lowest BCUT2D eigenvalue weighted by molar-refractivity contribution is 0.468. The first kappa shape index (κ1) is 19.4. The molecule has 148 valence electrons. The summed E-state index contributed by atoms with van der Waals surface area (Å²) in [6.45, 7) is 5.97. The van der Waals surface area contributed by atoms with Crippen molar-refractivity contribution >= 4 is 37.3 Å². The second-order valence-corrected chi connectivity index (χ2v) is 9.57. The summed E-state index contributed by atoms with van der Waals surface area (Å²) in [7, 11) is -3.64. The molecule has 2 heterocycles. The van der Waals surface area contributed by atoms with E-state index in [4.69, 9.17) is 4.74 Å². The minimum absolute atomic E-state index is 0.218. The molecule has 4 aromatic rings. The van der Waals surface area contributed by atoms with Gasteiger partial charge in [-0.15, -0.1) is 11.3 Å². The van der Waals surface area contributed by atoms with Crippen LogP contribution in [-0.2, 0) is 10.0 Å². The van der Waals surface area contributed by atoms with Gasteiger partial charge in [-0.25, -0.2) is 18.4 Å². The number of aromatic nitrogens is 2. The first-order valence-electron chi connectivity index (χ1n) is 8.91. The molecule has 0 aliphatic heterocycles. The summed E-state index contributed by atoms with van der Waals surface area (Å²) >= 11 is 1.60. The minimum atomic E-state index is -3.64. The van der Waals surface area contributed by atoms with Crippen LogP contribution in [0, 0.1) is 20.8 Å². The quantitative estimate of drug-likeness (QED) is 0.475. The van der Waals surface area contributed by atoms with Gasteiger partial charge in [0.05, 0.1) is 10.3 Å². The molecule has 1 N–H and O–H groups in total. The molecule has 2 aromatic heterocycles. The van der Waals surface area contributed by atoms with Crippen LogP contribution in [0.15, 0.2) is 59.8 Å². The van der Waals surface area contributed by atoms with Gasteiger partial charge in [-0.1, -0.05) is 17.7 Å². The minimum Gasteiger partial charge on any atom is -0.438 e. The predicted molar refractivity (Wildman–Crippen MR) is 115 cm³/mol. The Morgan fingerprint density at radius 1 is 0.931 bits per heavy atom. The normalized spacial score (nSPS) is 11.6. The largest absolute Gasteiger partial charge is 0.438 e. The number of anilines is 1. The molecule has 0 unspecified atom stereocenters. The van der Waals surface area contributed by atoms with E-state index in [1.807, 2.05) is 20.8 Å². The van der Waals surface area contributed by atoms with E-state index in [0.717, 1.165) is 21.3 Å². The van der Waals surface area contributed by atoms with Crippen molar-refractivity contribution in [2.24, 2.45) is 0 Å². The number of benzene rings is 2. The van der Waals surface area contributed by atoms with Crippen LogP contribution in [0.1, 0.15) is 16.0 Å². The van der Waals surface area contributed by atoms with E-state index in [-0.39, 0.29) is 4.90 Å². The van der Waals surface area contributed by atoms with Crippen molar-refractivity contribution in [2.75, 3.05) is 4.72 Å². The number of hydrogen-bond acceptors (Lipinski definition) is 6. The zero-order valence-corrected chi connectivity index (χ0v) is 17.8. The molecule has 6 nitrogen and oxygen atoms in total. The summed E-state index contributed by atoms with van der Waals surface area (Å²) in [5.74, 6) is 1.05. The number of fused-ring (bicyclic) bond motifs is 1. The Morgan fingerprint density at radius 2 is 1.62 bits per heavy atom. The molecule has 2 aromatic carbocycles. The summed E-state index contributed by atoms with van der Waals surface area (Å²) in [5.41, 5.74) is 2.55. The van der Waals surface area contributed by atoms with Gasteiger partial charge in [0.25, 0.3) is 10.0 Å². The van der Waals surface area contributed by atoms with E-state index in [1.165, 1.54) is 11.2 Å². The van der Waals surface area contributed by atoms with E-state index in [2.05, 4.69) is 14.7 Å². The van der Waals surface area contributed by atoms with Crippen molar-refractivity contribution in [1.82, 2.24) is 9.97 Å². The summed E-state index contributed by atoms with van der Waals surface area (Å²) in [6, 6.07) is 13.4. The van der Waals surface area contributed by atoms with E-state index in [9.17, 15) is 8.42 Å². The maximum absolute atomic E-state index is 12.5. The van der Waals surface area contributed by atoms with Gasteiger partial charge in [0.2, 0.25) is 5.88 Å². The Balaban J connectivity index is 1.55. The van der Waals surface area contributed by atoms with Gasteiger partial charge in [-0.2, -0.15) is 0 Å². The maximum atomic E-state index is 12.5. The van der Waals surface area contributed by atoms with Crippen LogP contribution in [-0.4, -0.2) is 18.4 Å². The Labute approximate surface area is 173 Å². The first-order chi connectivity index (χ1) is 13.8. The van der Waals surface area contributed by atoms with Gasteiger partial charge < -0.3 is 4.74 Å². The van der Waals surface area contributed by atoms with E-state index < -0.39 is 10.0 Å². The van der Waals surface area contributed by atoms with Crippen molar-refractivity contribution in [1.29, 1.82) is 0 Å². The second-order valence-electron chi connectivity index (χ2n) is 6.69. The molecule has 0 bridgehead atoms. The van der Waals surface area contributed by atoms with Crippen LogP contribution >= 0.6 is 11.3 Å². The van der Waals surface area contributed by atoms with Gasteiger partial charge >= 0.3 is 0 Å². The van der Waals surface area contributed by atoms with Crippen molar-refractivity contribution < 1.29 is 13.2 Å². The van der Waals surface area contributed by atoms with Crippen LogP contribution in [0.25, 0.3) is 10.2 Å². The molecule has 0 aliphatic rings. The molecule has 29 heavy (non-hydrogen) atoms. The van der Waals surface area contributed by atoms with Crippen molar-refractivity contribution in [3.63, 3.8) is 0 Å². The summed E-state index contributed by atoms with van der Waals surface area (Å²) < 4.78 is 33.6. The Hall–Kier alpha value is -2.97. The molecule has 0 saturated carbocycles. The molecule has 0 fully saturated rings. The fourth-order valence-corrected chi connectivity index (χ4v) is 4.91. The third-order valence-electron chi connectivity index (χ3n) is 4.58. The molecule has 0 amide bonds. The fraction of sp³-hybridized carbons (Fsp3) is 0.143. The summed E-state index contributed by atoms with van der Waals surface area (Å²) in [6.07, 6.45) is 1.48. The van der Waals surface area contributed by atoms with Crippen LogP contribution in [0.5, 0.6) is 11.6 Å². The zero-order chi connectivity index (χ0) is 20.6. The predicted octanol–water partition coefficient (Wildman–Crippen LogP) is 5.21. The highest BCUT2D eigenvalue weighted by Crippen LogP contribution is 2.35. The van der Waals surface area contributed by atoms with E-state index >= 15 is 0 Å². The second kappa shape index (κ2) is 7.46. The molecule has 0 spiro atoms. The van der Waals surface area contributed by atoms with Crippen molar-refractivity contribution in [2.45, 2.75) is 25.7 Å². The Bertz CT molecular complexity index is 1280. The number of sulfonamides is 1. The average Bonchev–Trinajstić information content (AvgIpc) is 2.98. The fourth-order valence-electron chi connectivity index (χ4n) is 2.86. The number of nitrogens with zero attached hydrogens (tertiary/aromatic N) is 2.